The van der Waals surface area contributed by atoms with Crippen molar-refractivity contribution in [2.75, 3.05) is 92.8 Å². The smallest absolute Gasteiger partial charge is 0.328 e. The van der Waals surface area contributed by atoms with E-state index in [1.54, 1.807) is 97.2 Å². The van der Waals surface area contributed by atoms with Gasteiger partial charge in [0.05, 0.1) is 113 Å². The monoisotopic (exact) mass is 1830 g/mol. The summed E-state index contributed by atoms with van der Waals surface area (Å²) >= 11 is 0. The lowest BCUT2D eigenvalue weighted by Gasteiger charge is -2.39. The Morgan fingerprint density at radius 2 is 0.947 bits per heavy atom. The fraction of sp³-hybridized carbons (Fsp3) is 0.476. The summed E-state index contributed by atoms with van der Waals surface area (Å²) in [7, 11) is 1.21. The van der Waals surface area contributed by atoms with Crippen molar-refractivity contribution in [3.63, 3.8) is 0 Å². The molecule has 0 bridgehead atoms. The van der Waals surface area contributed by atoms with E-state index < -0.39 is 32.1 Å². The van der Waals surface area contributed by atoms with Crippen molar-refractivity contribution in [1.82, 2.24) is 34.7 Å². The molecule has 7 aliphatic rings. The number of amides is 1. The number of piperidine rings is 1. The highest BCUT2D eigenvalue weighted by Crippen LogP contribution is 2.49. The number of methoxy groups -OCH3 is 4. The lowest BCUT2D eigenvalue weighted by atomic mass is 9.75. The Balaban J connectivity index is 0.000000150. The van der Waals surface area contributed by atoms with Crippen LogP contribution in [-0.2, 0) is 36.1 Å². The first-order chi connectivity index (χ1) is 63.4. The van der Waals surface area contributed by atoms with Gasteiger partial charge in [0.15, 0.2) is 46.0 Å². The SMILES string of the molecule is CCCN(CCC)S(=O)(=O)c1ccc(C2=N[C@@H]3CCCCC3c3cc(OCC)c(OC)cc32)cc1.CCOc1cc2c(cc1OC)C(c1ccc(-c3nnn(CC)n3)cc1)=NC1CCCCC21.CCOc1cc2c(cc1OCC)C1CN(C)CC[C@H]1N=C2c1ccc(NS(=O)(=O)c2ccc(C)cc2)cc1.COC(=O)[C@H](CC(C)C)NC(=O)c1ccc(OC)c(OC2CCCC2)c1. The van der Waals surface area contributed by atoms with Gasteiger partial charge in [-0.25, -0.2) is 21.6 Å². The van der Waals surface area contributed by atoms with Crippen LogP contribution in [-0.4, -0.2) is 194 Å². The molecule has 9 aromatic rings. The highest BCUT2D eigenvalue weighted by molar-refractivity contribution is 7.92. The number of aromatic nitrogens is 4. The van der Waals surface area contributed by atoms with Gasteiger partial charge in [0.1, 0.15) is 6.04 Å². The topological polar surface area (TPSA) is 297 Å². The number of tetrazole rings is 1. The van der Waals surface area contributed by atoms with E-state index in [1.165, 1.54) is 55.9 Å². The molecule has 16 rings (SSSR count). The average Bonchev–Trinajstić information content (AvgIpc) is 1.08. The van der Waals surface area contributed by atoms with E-state index in [-0.39, 0.29) is 40.8 Å². The van der Waals surface area contributed by atoms with Crippen LogP contribution in [0.5, 0.6) is 46.0 Å². The average molecular weight is 1830 g/mol. The van der Waals surface area contributed by atoms with Gasteiger partial charge in [-0.2, -0.15) is 9.10 Å². The molecule has 1 aromatic heterocycles. The standard InChI is InChI=1S/C30H35N3O4S.C28H38N2O4S.C25H29N5O2.C20H29NO5/c1-5-36-28-17-24-25(18-29(28)37-6-2)30(31-27-15-16-33(4)19-26(24)27)21-9-11-22(12-10-21)32-38(34,35)23-13-7-20(3)8-14-23;1-5-16-30(17-6-2)35(31,32)21-14-12-20(13-15-21)28-24-19-26(33-4)27(34-7-3)18-23(24)22-10-8-9-11-25(22)29-28;1-4-30-28-25(27-29-30)17-12-10-16(11-13-17)24-20-15-22(31-3)23(32-5-2)14-19(20)18-8-6-7-9-21(18)26-24;1-13(2)11-16(20(23)25-4)21-19(22)14-9-10-17(24-3)18(12-14)26-15-7-5-6-8-15/h7-14,17-18,26-27,32H,5-6,15-16,19H2,1-4H3;12-15,18-19,22,25H,5-11,16-17H2,1-4H3;10-15,18,21H,4-9H2,1-3H3;9-10,12-13,15-16H,5-8,11H2,1-4H3,(H,21,22)/t26?,27-;22?,25-;;16-/m11.0/s1. The molecule has 3 aliphatic carbocycles. The third-order valence-corrected chi connectivity index (χ3v) is 28.5. The van der Waals surface area contributed by atoms with Crippen molar-refractivity contribution < 1.29 is 69.1 Å². The number of aliphatic imine (C=N–C) groups is 3. The van der Waals surface area contributed by atoms with Gasteiger partial charge in [-0.3, -0.25) is 24.5 Å². The van der Waals surface area contributed by atoms with E-state index in [1.807, 2.05) is 112 Å². The summed E-state index contributed by atoms with van der Waals surface area (Å²) in [4.78, 5) is 44.8. The number of likely N-dealkylation sites (N-methyl/N-ethyl adjacent to an activating group) is 1. The molecule has 5 heterocycles. The van der Waals surface area contributed by atoms with Gasteiger partial charge in [-0.15, -0.1) is 10.2 Å². The van der Waals surface area contributed by atoms with Crippen LogP contribution >= 0.6 is 0 Å². The van der Waals surface area contributed by atoms with Crippen LogP contribution in [0.4, 0.5) is 5.69 Å². The van der Waals surface area contributed by atoms with Gasteiger partial charge in [0.25, 0.3) is 15.9 Å². The summed E-state index contributed by atoms with van der Waals surface area (Å²) in [5.41, 5.74) is 15.8. The summed E-state index contributed by atoms with van der Waals surface area (Å²) in [5, 5.41) is 15.4. The molecule has 28 heteroatoms. The molecule has 4 fully saturated rings. The molecule has 131 heavy (non-hydrogen) atoms. The Bertz CT molecular complexity index is 5720. The summed E-state index contributed by atoms with van der Waals surface area (Å²) in [6, 6.07) is 47.6. The van der Waals surface area contributed by atoms with E-state index in [0.29, 0.717) is 115 Å². The zero-order valence-corrected chi connectivity index (χ0v) is 80.4. The van der Waals surface area contributed by atoms with E-state index >= 15 is 0 Å². The molecule has 7 atom stereocenters. The lowest BCUT2D eigenvalue weighted by Crippen LogP contribution is -2.42. The predicted molar refractivity (Wildman–Crippen MR) is 514 cm³/mol. The number of rotatable bonds is 32. The molecule has 700 valence electrons. The molecule has 8 aromatic carbocycles. The van der Waals surface area contributed by atoms with Gasteiger partial charge in [-0.05, 0) is 251 Å². The molecule has 3 saturated carbocycles. The Kier molecular flexibility index (Phi) is 33.6. The maximum absolute atomic E-state index is 13.2. The Hall–Kier alpha value is -11.2. The van der Waals surface area contributed by atoms with E-state index in [9.17, 15) is 26.4 Å². The van der Waals surface area contributed by atoms with E-state index in [0.717, 1.165) is 162 Å². The summed E-state index contributed by atoms with van der Waals surface area (Å²) < 4.78 is 108. The van der Waals surface area contributed by atoms with Gasteiger partial charge in [-0.1, -0.05) is 120 Å². The Labute approximate surface area is 774 Å². The summed E-state index contributed by atoms with van der Waals surface area (Å²) in [6.07, 6.45) is 16.9. The van der Waals surface area contributed by atoms with Crippen molar-refractivity contribution in [2.24, 2.45) is 20.9 Å². The van der Waals surface area contributed by atoms with Crippen molar-refractivity contribution in [2.45, 2.75) is 236 Å². The van der Waals surface area contributed by atoms with Gasteiger partial charge in [0.2, 0.25) is 15.8 Å². The molecule has 0 spiro atoms. The zero-order valence-electron chi connectivity index (χ0n) is 78.8. The second-order valence-electron chi connectivity index (χ2n) is 34.7. The first-order valence-corrected chi connectivity index (χ1v) is 49.8. The lowest BCUT2D eigenvalue weighted by molar-refractivity contribution is -0.143. The highest BCUT2D eigenvalue weighted by atomic mass is 32.2. The van der Waals surface area contributed by atoms with Crippen LogP contribution < -0.4 is 47.9 Å². The number of sulfonamides is 2. The molecule has 26 nitrogen and oxygen atoms in total. The van der Waals surface area contributed by atoms with Crippen LogP contribution in [0.25, 0.3) is 11.4 Å². The minimum Gasteiger partial charge on any atom is -0.493 e. The fourth-order valence-electron chi connectivity index (χ4n) is 18.7. The number of anilines is 1. The molecule has 4 unspecified atom stereocenters. The van der Waals surface area contributed by atoms with E-state index in [2.05, 4.69) is 79.9 Å². The number of benzene rings is 8. The minimum atomic E-state index is -3.68. The van der Waals surface area contributed by atoms with Gasteiger partial charge >= 0.3 is 5.97 Å². The molecular formula is C103H131N11O15S2. The number of carbonyl (C=O) groups excluding carboxylic acids is 2. The number of esters is 1. The number of carbonyl (C=O) groups is 2. The van der Waals surface area contributed by atoms with Gasteiger partial charge in [0, 0.05) is 87.6 Å². The van der Waals surface area contributed by atoms with Crippen LogP contribution in [0, 0.1) is 12.8 Å². The second-order valence-corrected chi connectivity index (χ2v) is 38.4. The van der Waals surface area contributed by atoms with Crippen LogP contribution in [0.15, 0.2) is 176 Å². The number of nitrogens with zero attached hydrogens (tertiary/aromatic N) is 9. The summed E-state index contributed by atoms with van der Waals surface area (Å²) in [5.74, 6) is 6.89. The predicted octanol–water partition coefficient (Wildman–Crippen LogP) is 19.0. The number of hydrogen-bond acceptors (Lipinski definition) is 22. The third-order valence-electron chi connectivity index (χ3n) is 25.2. The first kappa shape index (κ1) is 97.3. The second kappa shape index (κ2) is 45.3. The Morgan fingerprint density at radius 1 is 0.496 bits per heavy atom. The van der Waals surface area contributed by atoms with Gasteiger partial charge < -0.3 is 52.8 Å². The Morgan fingerprint density at radius 3 is 1.43 bits per heavy atom. The van der Waals surface area contributed by atoms with Crippen molar-refractivity contribution in [3.8, 4) is 57.4 Å². The number of nitrogens with one attached hydrogen (secondary N) is 2. The van der Waals surface area contributed by atoms with Crippen molar-refractivity contribution in [3.05, 3.63) is 213 Å². The van der Waals surface area contributed by atoms with Crippen LogP contribution in [0.2, 0.25) is 0 Å². The number of ether oxygens (including phenoxy) is 9. The third kappa shape index (κ3) is 23.3. The molecule has 1 saturated heterocycles. The normalized spacial score (nSPS) is 18.7. The maximum Gasteiger partial charge on any atom is 0.328 e. The largest absolute Gasteiger partial charge is 0.493 e. The maximum atomic E-state index is 13.2. The van der Waals surface area contributed by atoms with Crippen LogP contribution in [0.1, 0.15) is 249 Å². The minimum absolute atomic E-state index is 0.158. The fourth-order valence-corrected chi connectivity index (χ4v) is 21.4. The molecular weight excluding hydrogens is 1700 g/mol. The first-order valence-electron chi connectivity index (χ1n) is 46.9. The van der Waals surface area contributed by atoms with Crippen LogP contribution in [0.3, 0.4) is 0 Å². The number of hydrogen-bond donors (Lipinski definition) is 2. The number of fused-ring (bicyclic) bond motifs is 9. The summed E-state index contributed by atoms with van der Waals surface area (Å²) in [6.45, 7) is 25.8. The molecule has 4 aliphatic heterocycles. The molecule has 2 N–H and O–H groups in total. The van der Waals surface area contributed by atoms with Crippen molar-refractivity contribution >= 4 is 54.7 Å². The number of likely N-dealkylation sites (tertiary alicyclic amines) is 1. The quantitative estimate of drug-likeness (QED) is 0.0370. The number of aryl methyl sites for hydroxylation is 2. The van der Waals surface area contributed by atoms with E-state index in [4.69, 9.17) is 57.6 Å². The molecule has 0 radical (unpaired) electrons. The highest BCUT2D eigenvalue weighted by Gasteiger charge is 2.40. The zero-order chi connectivity index (χ0) is 93.0. The molecule has 1 amide bonds. The van der Waals surface area contributed by atoms with Crippen molar-refractivity contribution in [1.29, 1.82) is 0 Å².